The predicted molar refractivity (Wildman–Crippen MR) is 125 cm³/mol. The molecular weight excluding hydrogens is 405 g/mol. The van der Waals surface area contributed by atoms with Gasteiger partial charge in [-0.25, -0.2) is 19.0 Å². The van der Waals surface area contributed by atoms with Crippen molar-refractivity contribution in [2.45, 2.75) is 39.2 Å². The molecule has 1 N–H and O–H groups in total. The third-order valence-corrected chi connectivity index (χ3v) is 5.71. The minimum absolute atomic E-state index is 0.154. The van der Waals surface area contributed by atoms with Gasteiger partial charge in [0.15, 0.2) is 0 Å². The average Bonchev–Trinajstić information content (AvgIpc) is 2.78. The van der Waals surface area contributed by atoms with Gasteiger partial charge in [-0.05, 0) is 37.6 Å². The molecule has 0 saturated carbocycles. The molecule has 0 aliphatic rings. The van der Waals surface area contributed by atoms with E-state index in [1.165, 1.54) is 16.8 Å². The van der Waals surface area contributed by atoms with E-state index in [4.69, 9.17) is 0 Å². The van der Waals surface area contributed by atoms with Gasteiger partial charge in [0.2, 0.25) is 0 Å². The van der Waals surface area contributed by atoms with Crippen LogP contribution >= 0.6 is 0 Å². The molecule has 7 heteroatoms. The van der Waals surface area contributed by atoms with Gasteiger partial charge < -0.3 is 5.32 Å². The zero-order valence-electron chi connectivity index (χ0n) is 18.6. The fourth-order valence-corrected chi connectivity index (χ4v) is 3.72. The largest absolute Gasteiger partial charge is 0.369 e. The number of halogens is 1. The van der Waals surface area contributed by atoms with Gasteiger partial charge in [-0.1, -0.05) is 44.2 Å². The zero-order chi connectivity index (χ0) is 22.9. The maximum Gasteiger partial charge on any atom is 0.275 e. The Hall–Kier alpha value is -3.61. The molecule has 0 aliphatic heterocycles. The summed E-state index contributed by atoms with van der Waals surface area (Å²) < 4.78 is 14.7. The first-order valence-corrected chi connectivity index (χ1v) is 10.6. The number of hydrogen-bond donors (Lipinski definition) is 1. The van der Waals surface area contributed by atoms with Crippen LogP contribution in [0, 0.1) is 12.7 Å². The van der Waals surface area contributed by atoms with Gasteiger partial charge >= 0.3 is 0 Å². The third kappa shape index (κ3) is 4.37. The number of aryl methyl sites for hydroxylation is 1. The lowest BCUT2D eigenvalue weighted by atomic mass is 9.84. The van der Waals surface area contributed by atoms with E-state index in [-0.39, 0.29) is 22.8 Å². The highest BCUT2D eigenvalue weighted by Gasteiger charge is 2.21. The molecule has 2 aromatic carbocycles. The van der Waals surface area contributed by atoms with Crippen LogP contribution in [0.25, 0.3) is 10.8 Å². The molecule has 164 valence electrons. The topological polar surface area (TPSA) is 72.7 Å². The molecule has 0 fully saturated rings. The summed E-state index contributed by atoms with van der Waals surface area (Å²) in [5.74, 6) is 1.02. The van der Waals surface area contributed by atoms with Gasteiger partial charge in [0, 0.05) is 23.4 Å². The second kappa shape index (κ2) is 8.49. The van der Waals surface area contributed by atoms with E-state index < -0.39 is 0 Å². The number of nitrogens with one attached hydrogen (secondary N) is 1. The summed E-state index contributed by atoms with van der Waals surface area (Å²) in [5, 5.41) is 9.18. The van der Waals surface area contributed by atoms with Crippen molar-refractivity contribution >= 4 is 16.6 Å². The van der Waals surface area contributed by atoms with Crippen LogP contribution < -0.4 is 10.9 Å². The average molecular weight is 432 g/mol. The maximum absolute atomic E-state index is 13.3. The minimum atomic E-state index is -0.362. The molecule has 0 amide bonds. The summed E-state index contributed by atoms with van der Waals surface area (Å²) in [7, 11) is 0. The molecule has 4 aromatic rings. The van der Waals surface area contributed by atoms with Crippen molar-refractivity contribution < 1.29 is 4.39 Å². The summed E-state index contributed by atoms with van der Waals surface area (Å²) in [6.07, 6.45) is 1.70. The standard InChI is InChI=1S/C25H26FN5O/c1-16(31-24(32)21-8-6-5-7-18(21)14-28-31)22-13-23(30-17(2)29-22)27-15-25(3,4)19-9-11-20(26)12-10-19/h5-14,16H,15H2,1-4H3,(H,27,29,30). The lowest BCUT2D eigenvalue weighted by Gasteiger charge is -2.26. The summed E-state index contributed by atoms with van der Waals surface area (Å²) in [4.78, 5) is 22.0. The molecular formula is C25H26FN5O. The SMILES string of the molecule is Cc1nc(NCC(C)(C)c2ccc(F)cc2)cc(C(C)n2ncc3ccccc3c2=O)n1. The molecule has 0 saturated heterocycles. The molecule has 0 bridgehead atoms. The molecule has 1 unspecified atom stereocenters. The van der Waals surface area contributed by atoms with Crippen LogP contribution in [0.15, 0.2) is 65.6 Å². The van der Waals surface area contributed by atoms with Gasteiger partial charge in [-0.15, -0.1) is 0 Å². The predicted octanol–water partition coefficient (Wildman–Crippen LogP) is 4.63. The van der Waals surface area contributed by atoms with Crippen LogP contribution in [0.4, 0.5) is 10.2 Å². The molecule has 1 atom stereocenters. The monoisotopic (exact) mass is 431 g/mol. The fourth-order valence-electron chi connectivity index (χ4n) is 3.72. The van der Waals surface area contributed by atoms with Gasteiger partial charge in [0.05, 0.1) is 23.3 Å². The number of aromatic nitrogens is 4. The van der Waals surface area contributed by atoms with Crippen molar-refractivity contribution in [2.24, 2.45) is 0 Å². The van der Waals surface area contributed by atoms with Crippen molar-refractivity contribution in [3.8, 4) is 0 Å². The van der Waals surface area contributed by atoms with E-state index in [2.05, 4.69) is 34.2 Å². The quantitative estimate of drug-likeness (QED) is 0.482. The van der Waals surface area contributed by atoms with E-state index in [1.54, 1.807) is 24.4 Å². The molecule has 0 aliphatic carbocycles. The Morgan fingerprint density at radius 2 is 1.81 bits per heavy atom. The molecule has 6 nitrogen and oxygen atoms in total. The normalized spacial score (nSPS) is 12.7. The van der Waals surface area contributed by atoms with Crippen molar-refractivity contribution in [1.82, 2.24) is 19.7 Å². The van der Waals surface area contributed by atoms with E-state index in [0.29, 0.717) is 29.3 Å². The first-order chi connectivity index (χ1) is 15.2. The lowest BCUT2D eigenvalue weighted by molar-refractivity contribution is 0.523. The van der Waals surface area contributed by atoms with Crippen molar-refractivity contribution in [2.75, 3.05) is 11.9 Å². The Bertz CT molecular complexity index is 1310. The van der Waals surface area contributed by atoms with Crippen LogP contribution in [0.1, 0.15) is 43.9 Å². The number of rotatable bonds is 6. The molecule has 4 rings (SSSR count). The first kappa shape index (κ1) is 21.6. The first-order valence-electron chi connectivity index (χ1n) is 10.6. The van der Waals surface area contributed by atoms with Crippen LogP contribution in [0.2, 0.25) is 0 Å². The highest BCUT2D eigenvalue weighted by Crippen LogP contribution is 2.25. The number of nitrogens with zero attached hydrogens (tertiary/aromatic N) is 4. The van der Waals surface area contributed by atoms with Crippen LogP contribution in [0.5, 0.6) is 0 Å². The van der Waals surface area contributed by atoms with E-state index in [9.17, 15) is 9.18 Å². The van der Waals surface area contributed by atoms with Crippen LogP contribution in [-0.2, 0) is 5.41 Å². The van der Waals surface area contributed by atoms with E-state index in [1.807, 2.05) is 38.1 Å². The highest BCUT2D eigenvalue weighted by molar-refractivity contribution is 5.80. The summed E-state index contributed by atoms with van der Waals surface area (Å²) in [5.41, 5.74) is 1.33. The number of fused-ring (bicyclic) bond motifs is 1. The third-order valence-electron chi connectivity index (χ3n) is 5.71. The summed E-state index contributed by atoms with van der Waals surface area (Å²) in [6.45, 7) is 8.49. The van der Waals surface area contributed by atoms with E-state index in [0.717, 1.165) is 10.9 Å². The molecule has 2 heterocycles. The Morgan fingerprint density at radius 3 is 2.56 bits per heavy atom. The maximum atomic E-state index is 13.3. The van der Waals surface area contributed by atoms with Gasteiger partial charge in [-0.2, -0.15) is 5.10 Å². The van der Waals surface area contributed by atoms with Crippen molar-refractivity contribution in [3.05, 3.63) is 94.0 Å². The second-order valence-corrected chi connectivity index (χ2v) is 8.63. The molecule has 2 aromatic heterocycles. The van der Waals surface area contributed by atoms with Crippen LogP contribution in [-0.4, -0.2) is 26.3 Å². The Balaban J connectivity index is 1.59. The van der Waals surface area contributed by atoms with Crippen molar-refractivity contribution in [1.29, 1.82) is 0 Å². The number of benzene rings is 2. The van der Waals surface area contributed by atoms with Crippen LogP contribution in [0.3, 0.4) is 0 Å². The summed E-state index contributed by atoms with van der Waals surface area (Å²) >= 11 is 0. The Morgan fingerprint density at radius 1 is 1.09 bits per heavy atom. The van der Waals surface area contributed by atoms with E-state index >= 15 is 0 Å². The lowest BCUT2D eigenvalue weighted by Crippen LogP contribution is -2.29. The number of anilines is 1. The highest BCUT2D eigenvalue weighted by atomic mass is 19.1. The summed E-state index contributed by atoms with van der Waals surface area (Å²) in [6, 6.07) is 15.4. The molecule has 0 spiro atoms. The zero-order valence-corrected chi connectivity index (χ0v) is 18.6. The molecule has 32 heavy (non-hydrogen) atoms. The molecule has 0 radical (unpaired) electrons. The second-order valence-electron chi connectivity index (χ2n) is 8.63. The van der Waals surface area contributed by atoms with Gasteiger partial charge in [0.1, 0.15) is 17.5 Å². The Kier molecular flexibility index (Phi) is 5.74. The minimum Gasteiger partial charge on any atom is -0.369 e. The van der Waals surface area contributed by atoms with Gasteiger partial charge in [0.25, 0.3) is 5.56 Å². The fraction of sp³-hybridized carbons (Fsp3) is 0.280. The van der Waals surface area contributed by atoms with Gasteiger partial charge in [-0.3, -0.25) is 4.79 Å². The number of hydrogen-bond acceptors (Lipinski definition) is 5. The van der Waals surface area contributed by atoms with Crippen molar-refractivity contribution in [3.63, 3.8) is 0 Å². The smallest absolute Gasteiger partial charge is 0.275 e. The Labute approximate surface area is 186 Å².